The van der Waals surface area contributed by atoms with Crippen LogP contribution in [0.5, 0.6) is 11.5 Å². The Kier molecular flexibility index (Phi) is 5.91. The van der Waals surface area contributed by atoms with E-state index in [1.54, 1.807) is 7.11 Å². The van der Waals surface area contributed by atoms with Crippen LogP contribution in [0.4, 0.5) is 0 Å². The number of ether oxygens (including phenoxy) is 2. The van der Waals surface area contributed by atoms with Gasteiger partial charge in [-0.3, -0.25) is 0 Å². The van der Waals surface area contributed by atoms with Crippen LogP contribution in [-0.2, 0) is 13.2 Å². The minimum atomic E-state index is 0.417. The first kappa shape index (κ1) is 16.1. The first-order valence-corrected chi connectivity index (χ1v) is 8.05. The standard InChI is InChI=1S/C16H20ClNO2S/c1-11(2)18-9-12-8-13(19-3)4-6-15(12)20-10-14-5-7-16(17)21-14/h4-8,11,18H,9-10H2,1-3H3. The molecule has 0 spiro atoms. The molecule has 0 aliphatic carbocycles. The third-order valence-electron chi connectivity index (χ3n) is 2.97. The van der Waals surface area contributed by atoms with E-state index >= 15 is 0 Å². The molecule has 0 unspecified atom stereocenters. The number of hydrogen-bond acceptors (Lipinski definition) is 4. The number of halogens is 1. The third kappa shape index (κ3) is 4.92. The fraction of sp³-hybridized carbons (Fsp3) is 0.375. The van der Waals surface area contributed by atoms with Gasteiger partial charge in [-0.15, -0.1) is 11.3 Å². The molecule has 2 aromatic rings. The topological polar surface area (TPSA) is 30.5 Å². The van der Waals surface area contributed by atoms with Crippen molar-refractivity contribution in [1.29, 1.82) is 0 Å². The Balaban J connectivity index is 2.09. The number of hydrogen-bond donors (Lipinski definition) is 1. The summed E-state index contributed by atoms with van der Waals surface area (Å²) in [6.45, 7) is 5.51. The molecule has 0 saturated carbocycles. The van der Waals surface area contributed by atoms with Crippen LogP contribution in [0.3, 0.4) is 0 Å². The molecule has 0 radical (unpaired) electrons. The van der Waals surface area contributed by atoms with Gasteiger partial charge in [0.15, 0.2) is 0 Å². The molecule has 0 fully saturated rings. The van der Waals surface area contributed by atoms with Gasteiger partial charge < -0.3 is 14.8 Å². The molecule has 3 nitrogen and oxygen atoms in total. The van der Waals surface area contributed by atoms with Gasteiger partial charge in [0.05, 0.1) is 11.4 Å². The number of thiophene rings is 1. The molecule has 0 bridgehead atoms. The van der Waals surface area contributed by atoms with Gasteiger partial charge >= 0.3 is 0 Å². The second kappa shape index (κ2) is 7.69. The van der Waals surface area contributed by atoms with Crippen molar-refractivity contribution in [3.8, 4) is 11.5 Å². The summed E-state index contributed by atoms with van der Waals surface area (Å²) in [4.78, 5) is 1.11. The van der Waals surface area contributed by atoms with E-state index in [1.165, 1.54) is 11.3 Å². The van der Waals surface area contributed by atoms with Crippen molar-refractivity contribution in [3.63, 3.8) is 0 Å². The minimum absolute atomic E-state index is 0.417. The minimum Gasteiger partial charge on any atom is -0.497 e. The van der Waals surface area contributed by atoms with Crippen molar-refractivity contribution in [1.82, 2.24) is 5.32 Å². The Labute approximate surface area is 134 Å². The van der Waals surface area contributed by atoms with E-state index in [0.29, 0.717) is 12.6 Å². The van der Waals surface area contributed by atoms with Gasteiger partial charge in [-0.25, -0.2) is 0 Å². The molecule has 1 aromatic carbocycles. The number of nitrogens with one attached hydrogen (secondary N) is 1. The third-order valence-corrected chi connectivity index (χ3v) is 4.17. The summed E-state index contributed by atoms with van der Waals surface area (Å²) in [5.41, 5.74) is 1.09. The SMILES string of the molecule is COc1ccc(OCc2ccc(Cl)s2)c(CNC(C)C)c1. The molecule has 5 heteroatoms. The van der Waals surface area contributed by atoms with Crippen LogP contribution >= 0.6 is 22.9 Å². The van der Waals surface area contributed by atoms with Gasteiger partial charge in [0, 0.05) is 23.0 Å². The fourth-order valence-electron chi connectivity index (χ4n) is 1.85. The van der Waals surface area contributed by atoms with E-state index in [0.717, 1.165) is 32.8 Å². The highest BCUT2D eigenvalue weighted by Crippen LogP contribution is 2.27. The van der Waals surface area contributed by atoms with Gasteiger partial charge in [0.2, 0.25) is 0 Å². The van der Waals surface area contributed by atoms with E-state index in [1.807, 2.05) is 30.3 Å². The quantitative estimate of drug-likeness (QED) is 0.813. The van der Waals surface area contributed by atoms with Gasteiger partial charge in [-0.1, -0.05) is 25.4 Å². The Morgan fingerprint density at radius 1 is 1.24 bits per heavy atom. The lowest BCUT2D eigenvalue weighted by molar-refractivity contribution is 0.304. The van der Waals surface area contributed by atoms with Gasteiger partial charge in [0.25, 0.3) is 0 Å². The molecular formula is C16H20ClNO2S. The van der Waals surface area contributed by atoms with Crippen molar-refractivity contribution >= 4 is 22.9 Å². The maximum Gasteiger partial charge on any atom is 0.124 e. The van der Waals surface area contributed by atoms with E-state index in [9.17, 15) is 0 Å². The Morgan fingerprint density at radius 3 is 2.67 bits per heavy atom. The lowest BCUT2D eigenvalue weighted by Gasteiger charge is -2.14. The second-order valence-corrected chi connectivity index (χ2v) is 6.80. The van der Waals surface area contributed by atoms with Crippen LogP contribution in [0.15, 0.2) is 30.3 Å². The van der Waals surface area contributed by atoms with Crippen molar-refractivity contribution in [2.24, 2.45) is 0 Å². The van der Waals surface area contributed by atoms with E-state index < -0.39 is 0 Å². The maximum atomic E-state index is 5.93. The average molecular weight is 326 g/mol. The number of methoxy groups -OCH3 is 1. The van der Waals surface area contributed by atoms with Crippen molar-refractivity contribution < 1.29 is 9.47 Å². The Morgan fingerprint density at radius 2 is 2.05 bits per heavy atom. The zero-order valence-corrected chi connectivity index (χ0v) is 14.1. The summed E-state index contributed by atoms with van der Waals surface area (Å²) in [7, 11) is 1.67. The lowest BCUT2D eigenvalue weighted by Crippen LogP contribution is -2.22. The molecule has 21 heavy (non-hydrogen) atoms. The number of rotatable bonds is 7. The van der Waals surface area contributed by atoms with Crippen LogP contribution in [0.1, 0.15) is 24.3 Å². The molecule has 114 valence electrons. The van der Waals surface area contributed by atoms with Crippen molar-refractivity contribution in [2.45, 2.75) is 33.0 Å². The van der Waals surface area contributed by atoms with Crippen LogP contribution in [0, 0.1) is 0 Å². The molecule has 1 N–H and O–H groups in total. The van der Waals surface area contributed by atoms with Gasteiger partial charge in [0.1, 0.15) is 18.1 Å². The first-order chi connectivity index (χ1) is 10.1. The molecule has 0 aliphatic rings. The molecule has 0 aliphatic heterocycles. The number of benzene rings is 1. The van der Waals surface area contributed by atoms with E-state index in [-0.39, 0.29) is 0 Å². The Hall–Kier alpha value is -1.23. The monoisotopic (exact) mass is 325 g/mol. The highest BCUT2D eigenvalue weighted by atomic mass is 35.5. The molecule has 0 atom stereocenters. The summed E-state index contributed by atoms with van der Waals surface area (Å²) in [5, 5.41) is 3.40. The predicted molar refractivity (Wildman–Crippen MR) is 88.6 cm³/mol. The van der Waals surface area contributed by atoms with Gasteiger partial charge in [-0.2, -0.15) is 0 Å². The summed E-state index contributed by atoms with van der Waals surface area (Å²) in [5.74, 6) is 1.70. The highest BCUT2D eigenvalue weighted by molar-refractivity contribution is 7.16. The zero-order valence-electron chi connectivity index (χ0n) is 12.5. The average Bonchev–Trinajstić information content (AvgIpc) is 2.88. The smallest absolute Gasteiger partial charge is 0.124 e. The second-order valence-electron chi connectivity index (χ2n) is 5.00. The summed E-state index contributed by atoms with van der Waals surface area (Å²) in [6, 6.07) is 10.2. The molecule has 0 saturated heterocycles. The van der Waals surface area contributed by atoms with E-state index in [2.05, 4.69) is 19.2 Å². The van der Waals surface area contributed by atoms with Crippen molar-refractivity contribution in [2.75, 3.05) is 7.11 Å². The normalized spacial score (nSPS) is 10.9. The first-order valence-electron chi connectivity index (χ1n) is 6.86. The van der Waals surface area contributed by atoms with Crippen molar-refractivity contribution in [3.05, 3.63) is 45.1 Å². The molecule has 0 amide bonds. The molecule has 1 heterocycles. The van der Waals surface area contributed by atoms with Crippen LogP contribution < -0.4 is 14.8 Å². The molecule has 2 rings (SSSR count). The van der Waals surface area contributed by atoms with Gasteiger partial charge in [-0.05, 0) is 30.3 Å². The molecular weight excluding hydrogens is 306 g/mol. The zero-order chi connectivity index (χ0) is 15.2. The lowest BCUT2D eigenvalue weighted by atomic mass is 10.1. The summed E-state index contributed by atoms with van der Waals surface area (Å²) in [6.07, 6.45) is 0. The van der Waals surface area contributed by atoms with E-state index in [4.69, 9.17) is 21.1 Å². The fourth-order valence-corrected chi connectivity index (χ4v) is 2.85. The maximum absolute atomic E-state index is 5.93. The highest BCUT2D eigenvalue weighted by Gasteiger charge is 2.08. The molecule has 1 aromatic heterocycles. The Bertz CT molecular complexity index is 583. The van der Waals surface area contributed by atoms with Crippen LogP contribution in [0.25, 0.3) is 0 Å². The summed E-state index contributed by atoms with van der Waals surface area (Å²) >= 11 is 7.47. The van der Waals surface area contributed by atoms with Crippen LogP contribution in [-0.4, -0.2) is 13.2 Å². The van der Waals surface area contributed by atoms with Crippen LogP contribution in [0.2, 0.25) is 4.34 Å². The largest absolute Gasteiger partial charge is 0.497 e. The predicted octanol–water partition coefficient (Wildman–Crippen LogP) is 4.49. The summed E-state index contributed by atoms with van der Waals surface area (Å²) < 4.78 is 12.0.